The van der Waals surface area contributed by atoms with Crippen molar-refractivity contribution in [1.29, 1.82) is 0 Å². The Hall–Kier alpha value is -3.37. The van der Waals surface area contributed by atoms with E-state index in [1.54, 1.807) is 6.08 Å². The van der Waals surface area contributed by atoms with Crippen molar-refractivity contribution >= 4 is 23.3 Å². The molecule has 11 heteroatoms. The van der Waals surface area contributed by atoms with Crippen LogP contribution in [0.2, 0.25) is 5.15 Å². The van der Waals surface area contributed by atoms with Gasteiger partial charge in [0, 0.05) is 19.3 Å². The maximum Gasteiger partial charge on any atom is 0.306 e. The molecule has 0 fully saturated rings. The molecule has 8 nitrogen and oxygen atoms in total. The fourth-order valence-electron chi connectivity index (χ4n) is 3.34. The van der Waals surface area contributed by atoms with E-state index in [0.717, 1.165) is 41.3 Å². The van der Waals surface area contributed by atoms with Crippen molar-refractivity contribution in [3.63, 3.8) is 0 Å². The number of nitrogens with one attached hydrogen (secondary N) is 3. The summed E-state index contributed by atoms with van der Waals surface area (Å²) in [5.41, 5.74) is 0.636. The van der Waals surface area contributed by atoms with Crippen molar-refractivity contribution in [3.8, 4) is 0 Å². The first kappa shape index (κ1) is 29.9. The highest BCUT2D eigenvalue weighted by Gasteiger charge is 2.33. The Morgan fingerprint density at radius 2 is 2.03 bits per heavy atom. The first-order valence-electron chi connectivity index (χ1n) is 12.0. The number of allylic oxidation sites excluding steroid dienone is 3. The average molecular weight is 535 g/mol. The number of carbonyl (C=O) groups excluding carboxylic acids is 1. The van der Waals surface area contributed by atoms with Crippen LogP contribution in [0.15, 0.2) is 71.3 Å². The van der Waals surface area contributed by atoms with Gasteiger partial charge in [0.2, 0.25) is 5.91 Å². The van der Waals surface area contributed by atoms with E-state index in [0.29, 0.717) is 6.54 Å². The highest BCUT2D eigenvalue weighted by atomic mass is 35.5. The molecule has 0 unspecified atom stereocenters. The molecule has 2 heterocycles. The van der Waals surface area contributed by atoms with Gasteiger partial charge in [-0.2, -0.15) is 8.78 Å². The number of alkyl halides is 2. The second-order valence-corrected chi connectivity index (χ2v) is 8.53. The normalized spacial score (nSPS) is 12.4. The van der Waals surface area contributed by atoms with Crippen molar-refractivity contribution in [1.82, 2.24) is 25.2 Å². The summed E-state index contributed by atoms with van der Waals surface area (Å²) in [6.45, 7) is 8.15. The molecule has 2 aromatic heterocycles. The fraction of sp³-hybridized carbons (Fsp3) is 0.385. The maximum absolute atomic E-state index is 14.4. The zero-order valence-corrected chi connectivity index (χ0v) is 21.8. The van der Waals surface area contributed by atoms with E-state index in [1.165, 1.54) is 24.4 Å². The van der Waals surface area contributed by atoms with Gasteiger partial charge in [-0.05, 0) is 43.2 Å². The van der Waals surface area contributed by atoms with Gasteiger partial charge in [0.25, 0.3) is 5.56 Å². The average Bonchev–Trinajstić information content (AvgIpc) is 2.89. The van der Waals surface area contributed by atoms with Gasteiger partial charge in [-0.25, -0.2) is 4.98 Å². The van der Waals surface area contributed by atoms with E-state index in [2.05, 4.69) is 39.4 Å². The quantitative estimate of drug-likeness (QED) is 0.235. The van der Waals surface area contributed by atoms with Crippen LogP contribution < -0.4 is 21.5 Å². The molecule has 0 aromatic carbocycles. The Morgan fingerprint density at radius 1 is 1.24 bits per heavy atom. The second-order valence-electron chi connectivity index (χ2n) is 8.14. The number of nitrogens with zero attached hydrogens (tertiary/aromatic N) is 3. The van der Waals surface area contributed by atoms with Gasteiger partial charge in [0.15, 0.2) is 5.82 Å². The number of anilines is 1. The van der Waals surface area contributed by atoms with Crippen molar-refractivity contribution in [3.05, 3.63) is 87.7 Å². The van der Waals surface area contributed by atoms with E-state index in [9.17, 15) is 18.4 Å². The minimum atomic E-state index is -3.35. The van der Waals surface area contributed by atoms with Crippen LogP contribution in [0.4, 0.5) is 14.6 Å². The number of rotatable bonds is 15. The number of hydrogen-bond donors (Lipinski definition) is 3. The summed E-state index contributed by atoms with van der Waals surface area (Å²) in [5, 5.41) is 8.40. The Morgan fingerprint density at radius 3 is 2.68 bits per heavy atom. The lowest BCUT2D eigenvalue weighted by Crippen LogP contribution is -2.36. The molecule has 0 atom stereocenters. The standard InChI is InChI=1S/C26H33ClF2N6O2/c1-4-7-12-30-14-20(10-5-2)19(6-3)15-32-23(36)17-35-22(27)16-33-24(25(35)37)34-18-26(28,29)21-11-8-9-13-31-21/h5-6,8-11,13,16,30H,2,4,7,12,14-15,17-18H2,1,3H3,(H,32,36)(H,33,34)/b19-6-,20-10-. The lowest BCUT2D eigenvalue weighted by molar-refractivity contribution is -0.121. The van der Waals surface area contributed by atoms with Gasteiger partial charge in [-0.15, -0.1) is 0 Å². The molecular formula is C26H33ClF2N6O2. The molecular weight excluding hydrogens is 502 g/mol. The summed E-state index contributed by atoms with van der Waals surface area (Å²) in [6, 6.07) is 4.16. The largest absolute Gasteiger partial charge is 0.359 e. The number of amides is 1. The van der Waals surface area contributed by atoms with E-state index in [4.69, 9.17) is 11.6 Å². The van der Waals surface area contributed by atoms with Crippen LogP contribution >= 0.6 is 11.6 Å². The first-order valence-corrected chi connectivity index (χ1v) is 12.3. The zero-order valence-electron chi connectivity index (χ0n) is 21.1. The lowest BCUT2D eigenvalue weighted by Gasteiger charge is -2.17. The summed E-state index contributed by atoms with van der Waals surface area (Å²) >= 11 is 6.09. The third-order valence-electron chi connectivity index (χ3n) is 5.40. The van der Waals surface area contributed by atoms with Gasteiger partial charge in [0.1, 0.15) is 17.4 Å². The monoisotopic (exact) mass is 534 g/mol. The van der Waals surface area contributed by atoms with Crippen molar-refractivity contribution in [2.24, 2.45) is 0 Å². The van der Waals surface area contributed by atoms with E-state index >= 15 is 0 Å². The van der Waals surface area contributed by atoms with Crippen LogP contribution in [0.5, 0.6) is 0 Å². The molecule has 0 aliphatic rings. The minimum absolute atomic E-state index is 0.0965. The molecule has 0 spiro atoms. The molecule has 3 N–H and O–H groups in total. The maximum atomic E-state index is 14.4. The van der Waals surface area contributed by atoms with Crippen LogP contribution in [-0.2, 0) is 17.3 Å². The number of aromatic nitrogens is 3. The molecule has 37 heavy (non-hydrogen) atoms. The molecule has 2 aromatic rings. The Labute approximate surface area is 220 Å². The van der Waals surface area contributed by atoms with Gasteiger partial charge in [0.05, 0.1) is 12.7 Å². The summed E-state index contributed by atoms with van der Waals surface area (Å²) in [5.74, 6) is -4.17. The van der Waals surface area contributed by atoms with Crippen LogP contribution in [-0.4, -0.2) is 46.6 Å². The SMILES string of the molecule is C=C/C=C(CNCCCC)\C(=C/C)CNC(=O)Cn1c(Cl)cnc(NCC(F)(F)c2ccccn2)c1=O. The third kappa shape index (κ3) is 9.22. The van der Waals surface area contributed by atoms with E-state index < -0.39 is 36.2 Å². The van der Waals surface area contributed by atoms with Crippen LogP contribution in [0.3, 0.4) is 0 Å². The van der Waals surface area contributed by atoms with Crippen molar-refractivity contribution in [2.75, 3.05) is 31.5 Å². The number of halogens is 3. The zero-order chi connectivity index (χ0) is 27.3. The van der Waals surface area contributed by atoms with Gasteiger partial charge >= 0.3 is 5.92 Å². The molecule has 2 rings (SSSR count). The Balaban J connectivity index is 2.04. The topological polar surface area (TPSA) is 101 Å². The second kappa shape index (κ2) is 15.0. The van der Waals surface area contributed by atoms with Crippen LogP contribution in [0, 0.1) is 0 Å². The Kier molecular flexibility index (Phi) is 12.1. The molecule has 0 saturated heterocycles. The molecule has 0 radical (unpaired) electrons. The summed E-state index contributed by atoms with van der Waals surface area (Å²) in [6.07, 6.45) is 9.98. The number of pyridine rings is 1. The minimum Gasteiger partial charge on any atom is -0.359 e. The first-order chi connectivity index (χ1) is 17.7. The molecule has 1 amide bonds. The van der Waals surface area contributed by atoms with Crippen molar-refractivity contribution < 1.29 is 13.6 Å². The number of carbonyl (C=O) groups is 1. The molecule has 0 aliphatic heterocycles. The van der Waals surface area contributed by atoms with E-state index in [-0.39, 0.29) is 17.5 Å². The van der Waals surface area contributed by atoms with Crippen LogP contribution in [0.25, 0.3) is 0 Å². The lowest BCUT2D eigenvalue weighted by atomic mass is 10.0. The molecule has 0 aliphatic carbocycles. The van der Waals surface area contributed by atoms with E-state index in [1.807, 2.05) is 19.1 Å². The number of hydrogen-bond acceptors (Lipinski definition) is 6. The summed E-state index contributed by atoms with van der Waals surface area (Å²) < 4.78 is 29.8. The predicted molar refractivity (Wildman–Crippen MR) is 143 cm³/mol. The third-order valence-corrected chi connectivity index (χ3v) is 5.71. The van der Waals surface area contributed by atoms with Gasteiger partial charge < -0.3 is 16.0 Å². The molecule has 0 saturated carbocycles. The number of unbranched alkanes of at least 4 members (excludes halogenated alkanes) is 1. The van der Waals surface area contributed by atoms with Crippen molar-refractivity contribution in [2.45, 2.75) is 39.2 Å². The Bertz CT molecular complexity index is 1170. The smallest absolute Gasteiger partial charge is 0.306 e. The molecule has 0 bridgehead atoms. The van der Waals surface area contributed by atoms with Crippen LogP contribution in [0.1, 0.15) is 32.4 Å². The summed E-state index contributed by atoms with van der Waals surface area (Å²) in [4.78, 5) is 32.9. The highest BCUT2D eigenvalue weighted by Crippen LogP contribution is 2.25. The van der Waals surface area contributed by atoms with Gasteiger partial charge in [-0.1, -0.05) is 55.8 Å². The highest BCUT2D eigenvalue weighted by molar-refractivity contribution is 6.29. The molecule has 200 valence electrons. The predicted octanol–water partition coefficient (Wildman–Crippen LogP) is 4.06. The van der Waals surface area contributed by atoms with Gasteiger partial charge in [-0.3, -0.25) is 19.1 Å². The fourth-order valence-corrected chi connectivity index (χ4v) is 3.53. The summed E-state index contributed by atoms with van der Waals surface area (Å²) in [7, 11) is 0.